The molecule has 1 atom stereocenters. The van der Waals surface area contributed by atoms with Crippen molar-refractivity contribution in [2.24, 2.45) is 0 Å². The molecule has 6 heteroatoms. The first-order valence-corrected chi connectivity index (χ1v) is 8.55. The molecule has 138 valence electrons. The van der Waals surface area contributed by atoms with Gasteiger partial charge < -0.3 is 20.7 Å². The zero-order chi connectivity index (χ0) is 18.9. The van der Waals surface area contributed by atoms with Crippen molar-refractivity contribution >= 4 is 17.6 Å². The van der Waals surface area contributed by atoms with Gasteiger partial charge in [0.25, 0.3) is 0 Å². The molecule has 2 aromatic carbocycles. The van der Waals surface area contributed by atoms with E-state index >= 15 is 0 Å². The molecule has 3 amide bonds. The van der Waals surface area contributed by atoms with Crippen LogP contribution in [0.4, 0.5) is 10.5 Å². The molecular weight excluding hydrogens is 330 g/mol. The predicted molar refractivity (Wildman–Crippen MR) is 102 cm³/mol. The maximum Gasteiger partial charge on any atom is 0.315 e. The summed E-state index contributed by atoms with van der Waals surface area (Å²) in [6, 6.07) is 14.7. The third-order valence-electron chi connectivity index (χ3n) is 3.70. The highest BCUT2D eigenvalue weighted by Crippen LogP contribution is 2.17. The minimum absolute atomic E-state index is 0.130. The summed E-state index contributed by atoms with van der Waals surface area (Å²) >= 11 is 0. The van der Waals surface area contributed by atoms with Gasteiger partial charge in [0.05, 0.1) is 12.6 Å². The Hall–Kier alpha value is -3.02. The fourth-order valence-corrected chi connectivity index (χ4v) is 2.46. The van der Waals surface area contributed by atoms with Crippen LogP contribution in [0.25, 0.3) is 0 Å². The van der Waals surface area contributed by atoms with Crippen LogP contribution in [0.2, 0.25) is 0 Å². The van der Waals surface area contributed by atoms with Crippen molar-refractivity contribution < 1.29 is 14.3 Å². The lowest BCUT2D eigenvalue weighted by Gasteiger charge is -2.16. The number of aryl methyl sites for hydroxylation is 1. The molecule has 6 nitrogen and oxygen atoms in total. The third kappa shape index (κ3) is 6.47. The van der Waals surface area contributed by atoms with Gasteiger partial charge in [0, 0.05) is 12.6 Å². The number of nitrogens with one attached hydrogen (secondary N) is 3. The van der Waals surface area contributed by atoms with E-state index in [0.29, 0.717) is 18.8 Å². The van der Waals surface area contributed by atoms with Gasteiger partial charge in [0.1, 0.15) is 12.4 Å². The van der Waals surface area contributed by atoms with E-state index in [4.69, 9.17) is 4.74 Å². The van der Waals surface area contributed by atoms with E-state index in [2.05, 4.69) is 16.0 Å². The van der Waals surface area contributed by atoms with E-state index in [9.17, 15) is 9.59 Å². The average molecular weight is 355 g/mol. The van der Waals surface area contributed by atoms with Crippen LogP contribution in [-0.4, -0.2) is 25.1 Å². The number of hydrogen-bond donors (Lipinski definition) is 3. The first-order chi connectivity index (χ1) is 12.4. The van der Waals surface area contributed by atoms with Crippen LogP contribution in [0.15, 0.2) is 48.5 Å². The molecule has 2 aromatic rings. The van der Waals surface area contributed by atoms with E-state index in [1.807, 2.05) is 56.3 Å². The lowest BCUT2D eigenvalue weighted by Crippen LogP contribution is -2.39. The molecule has 3 N–H and O–H groups in total. The van der Waals surface area contributed by atoms with Crippen molar-refractivity contribution in [3.63, 3.8) is 0 Å². The molecule has 0 fully saturated rings. The van der Waals surface area contributed by atoms with Crippen LogP contribution >= 0.6 is 0 Å². The van der Waals surface area contributed by atoms with Gasteiger partial charge in [-0.2, -0.15) is 0 Å². The summed E-state index contributed by atoms with van der Waals surface area (Å²) in [5.41, 5.74) is 2.74. The van der Waals surface area contributed by atoms with Gasteiger partial charge >= 0.3 is 6.03 Å². The zero-order valence-electron chi connectivity index (χ0n) is 15.3. The third-order valence-corrected chi connectivity index (χ3v) is 3.70. The van der Waals surface area contributed by atoms with Gasteiger partial charge in [0.15, 0.2) is 0 Å². The van der Waals surface area contributed by atoms with Crippen molar-refractivity contribution in [1.82, 2.24) is 10.6 Å². The Morgan fingerprint density at radius 3 is 2.62 bits per heavy atom. The second kappa shape index (κ2) is 9.46. The number of carbonyl (C=O) groups is 2. The van der Waals surface area contributed by atoms with Gasteiger partial charge in [-0.3, -0.25) is 4.79 Å². The molecule has 0 aliphatic carbocycles. The second-order valence-corrected chi connectivity index (χ2v) is 6.09. The van der Waals surface area contributed by atoms with Crippen molar-refractivity contribution in [1.29, 1.82) is 0 Å². The van der Waals surface area contributed by atoms with Crippen molar-refractivity contribution in [3.05, 3.63) is 59.7 Å². The molecule has 0 bridgehead atoms. The first kappa shape index (κ1) is 19.3. The zero-order valence-corrected chi connectivity index (χ0v) is 15.3. The Bertz CT molecular complexity index is 761. The molecule has 0 aromatic heterocycles. The summed E-state index contributed by atoms with van der Waals surface area (Å²) in [5, 5.41) is 8.37. The lowest BCUT2D eigenvalue weighted by atomic mass is 10.1. The molecule has 0 aliphatic rings. The minimum Gasteiger partial charge on any atom is -0.492 e. The van der Waals surface area contributed by atoms with E-state index in [-0.39, 0.29) is 18.0 Å². The molecule has 0 saturated heterocycles. The minimum atomic E-state index is -0.268. The molecule has 0 spiro atoms. The highest BCUT2D eigenvalue weighted by atomic mass is 16.5. The van der Waals surface area contributed by atoms with Crippen LogP contribution in [0.3, 0.4) is 0 Å². The molecule has 0 aliphatic heterocycles. The van der Waals surface area contributed by atoms with Crippen molar-refractivity contribution in [2.45, 2.75) is 26.8 Å². The average Bonchev–Trinajstić information content (AvgIpc) is 2.58. The van der Waals surface area contributed by atoms with Gasteiger partial charge in [-0.1, -0.05) is 24.3 Å². The monoisotopic (exact) mass is 355 g/mol. The van der Waals surface area contributed by atoms with Gasteiger partial charge in [0.2, 0.25) is 5.91 Å². The highest BCUT2D eigenvalue weighted by Gasteiger charge is 2.10. The summed E-state index contributed by atoms with van der Waals surface area (Å²) in [4.78, 5) is 23.1. The van der Waals surface area contributed by atoms with Crippen LogP contribution in [0.5, 0.6) is 5.75 Å². The van der Waals surface area contributed by atoms with Crippen molar-refractivity contribution in [3.8, 4) is 5.75 Å². The van der Waals surface area contributed by atoms with Gasteiger partial charge in [-0.15, -0.1) is 0 Å². The number of anilines is 1. The molecule has 0 heterocycles. The topological polar surface area (TPSA) is 79.5 Å². The van der Waals surface area contributed by atoms with Gasteiger partial charge in [-0.05, 0) is 49.2 Å². The second-order valence-electron chi connectivity index (χ2n) is 6.09. The maximum absolute atomic E-state index is 12.0. The Morgan fingerprint density at radius 2 is 1.88 bits per heavy atom. The summed E-state index contributed by atoms with van der Waals surface area (Å²) in [7, 11) is 0. The number of hydrogen-bond acceptors (Lipinski definition) is 3. The number of rotatable bonds is 7. The highest BCUT2D eigenvalue weighted by molar-refractivity contribution is 5.88. The number of urea groups is 1. The summed E-state index contributed by atoms with van der Waals surface area (Å²) in [5.74, 6) is 0.657. The lowest BCUT2D eigenvalue weighted by molar-refractivity contribution is -0.114. The van der Waals surface area contributed by atoms with Crippen LogP contribution in [0, 0.1) is 6.92 Å². The first-order valence-electron chi connectivity index (χ1n) is 8.55. The normalized spacial score (nSPS) is 11.3. The molecule has 0 radical (unpaired) electrons. The standard InChI is InChI=1S/C20H25N3O3/c1-14-6-4-9-19(12-14)26-11-10-21-20(25)22-15(2)17-7-5-8-18(13-17)23-16(3)24/h4-9,12-13,15H,10-11H2,1-3H3,(H,23,24)(H2,21,22,25). The summed E-state index contributed by atoms with van der Waals surface area (Å²) in [6.45, 7) is 6.14. The number of carbonyl (C=O) groups excluding carboxylic acids is 2. The smallest absolute Gasteiger partial charge is 0.315 e. The summed E-state index contributed by atoms with van der Waals surface area (Å²) < 4.78 is 5.60. The molecular formula is C20H25N3O3. The quantitative estimate of drug-likeness (QED) is 0.666. The Morgan fingerprint density at radius 1 is 1.12 bits per heavy atom. The fraction of sp³-hybridized carbons (Fsp3) is 0.300. The molecule has 26 heavy (non-hydrogen) atoms. The largest absolute Gasteiger partial charge is 0.492 e. The number of benzene rings is 2. The Kier molecular flexibility index (Phi) is 7.02. The van der Waals surface area contributed by atoms with Gasteiger partial charge in [-0.25, -0.2) is 4.79 Å². The van der Waals surface area contributed by atoms with Crippen LogP contribution in [-0.2, 0) is 4.79 Å². The molecule has 1 unspecified atom stereocenters. The predicted octanol–water partition coefficient (Wildman–Crippen LogP) is 3.39. The van der Waals surface area contributed by atoms with Crippen LogP contribution in [0.1, 0.15) is 31.0 Å². The van der Waals surface area contributed by atoms with Crippen LogP contribution < -0.4 is 20.7 Å². The van der Waals surface area contributed by atoms with E-state index in [1.54, 1.807) is 6.07 Å². The fourth-order valence-electron chi connectivity index (χ4n) is 2.46. The molecule has 0 saturated carbocycles. The summed E-state index contributed by atoms with van der Waals surface area (Å²) in [6.07, 6.45) is 0. The Balaban J connectivity index is 1.75. The number of amides is 3. The van der Waals surface area contributed by atoms with E-state index < -0.39 is 0 Å². The number of ether oxygens (including phenoxy) is 1. The SMILES string of the molecule is CC(=O)Nc1cccc(C(C)NC(=O)NCCOc2cccc(C)c2)c1. The molecule has 2 rings (SSSR count). The van der Waals surface area contributed by atoms with E-state index in [0.717, 1.165) is 16.9 Å². The van der Waals surface area contributed by atoms with E-state index in [1.165, 1.54) is 6.92 Å². The van der Waals surface area contributed by atoms with Crippen molar-refractivity contribution in [2.75, 3.05) is 18.5 Å². The Labute approximate surface area is 153 Å². The maximum atomic E-state index is 12.0.